The first-order valence-electron chi connectivity index (χ1n) is 9.63. The lowest BCUT2D eigenvalue weighted by Crippen LogP contribution is -2.33. The van der Waals surface area contributed by atoms with Crippen LogP contribution in [0.15, 0.2) is 48.5 Å². The standard InChI is InChI=1S/C23H24N4O/c1-16-12-23(27-11-5-7-19(27)15-28-2)20-10-9-18(13-22(20)25-16)26-21-8-4-3-6-17(21)14-24/h3-4,6,8-10,12-13,19,26H,5,7,11,15H2,1-2H3. The first-order valence-corrected chi connectivity index (χ1v) is 9.63. The smallest absolute Gasteiger partial charge is 0.101 e. The van der Waals surface area contributed by atoms with E-state index in [1.165, 1.54) is 12.1 Å². The molecular weight excluding hydrogens is 348 g/mol. The molecule has 5 heteroatoms. The van der Waals surface area contributed by atoms with Gasteiger partial charge in [0.2, 0.25) is 0 Å². The van der Waals surface area contributed by atoms with Crippen LogP contribution in [0.5, 0.6) is 0 Å². The summed E-state index contributed by atoms with van der Waals surface area (Å²) in [5, 5.41) is 13.8. The fraction of sp³-hybridized carbons (Fsp3) is 0.304. The third kappa shape index (κ3) is 3.51. The summed E-state index contributed by atoms with van der Waals surface area (Å²) in [5.74, 6) is 0. The van der Waals surface area contributed by atoms with Gasteiger partial charge in [-0.25, -0.2) is 0 Å². The van der Waals surface area contributed by atoms with Crippen LogP contribution in [-0.2, 0) is 4.74 Å². The number of methoxy groups -OCH3 is 1. The molecule has 1 atom stereocenters. The predicted octanol–water partition coefficient (Wildman–Crippen LogP) is 4.77. The van der Waals surface area contributed by atoms with Gasteiger partial charge < -0.3 is 15.0 Å². The molecule has 1 fully saturated rings. The van der Waals surface area contributed by atoms with Gasteiger partial charge in [-0.05, 0) is 56.2 Å². The molecule has 0 radical (unpaired) electrons. The lowest BCUT2D eigenvalue weighted by Gasteiger charge is -2.28. The number of hydrogen-bond acceptors (Lipinski definition) is 5. The maximum Gasteiger partial charge on any atom is 0.101 e. The van der Waals surface area contributed by atoms with E-state index >= 15 is 0 Å². The zero-order valence-corrected chi connectivity index (χ0v) is 16.3. The Morgan fingerprint density at radius 1 is 1.25 bits per heavy atom. The minimum Gasteiger partial charge on any atom is -0.383 e. The minimum atomic E-state index is 0.412. The molecule has 5 nitrogen and oxygen atoms in total. The SMILES string of the molecule is COCC1CCCN1c1cc(C)nc2cc(Nc3ccccc3C#N)ccc12. The number of anilines is 3. The van der Waals surface area contributed by atoms with Crippen LogP contribution in [0.3, 0.4) is 0 Å². The number of benzene rings is 2. The van der Waals surface area contributed by atoms with Gasteiger partial charge in [0.25, 0.3) is 0 Å². The number of aromatic nitrogens is 1. The molecule has 28 heavy (non-hydrogen) atoms. The number of aryl methyl sites for hydroxylation is 1. The maximum absolute atomic E-state index is 9.31. The monoisotopic (exact) mass is 372 g/mol. The van der Waals surface area contributed by atoms with Gasteiger partial charge in [-0.1, -0.05) is 12.1 Å². The Hall–Kier alpha value is -3.10. The summed E-state index contributed by atoms with van der Waals surface area (Å²) in [5.41, 5.74) is 5.54. The maximum atomic E-state index is 9.31. The van der Waals surface area contributed by atoms with Gasteiger partial charge in [0.05, 0.1) is 29.4 Å². The summed E-state index contributed by atoms with van der Waals surface area (Å²) in [6, 6.07) is 18.6. The molecule has 3 aromatic rings. The zero-order chi connectivity index (χ0) is 19.5. The van der Waals surface area contributed by atoms with E-state index in [1.807, 2.05) is 31.2 Å². The average molecular weight is 372 g/mol. The number of nitrogens with zero attached hydrogens (tertiary/aromatic N) is 3. The van der Waals surface area contributed by atoms with E-state index in [0.29, 0.717) is 11.6 Å². The summed E-state index contributed by atoms with van der Waals surface area (Å²) in [6.07, 6.45) is 2.34. The molecule has 0 amide bonds. The van der Waals surface area contributed by atoms with Crippen molar-refractivity contribution in [3.63, 3.8) is 0 Å². The largest absolute Gasteiger partial charge is 0.383 e. The zero-order valence-electron chi connectivity index (χ0n) is 16.3. The molecule has 2 heterocycles. The van der Waals surface area contributed by atoms with Crippen LogP contribution in [0, 0.1) is 18.3 Å². The molecule has 1 saturated heterocycles. The second-order valence-electron chi connectivity index (χ2n) is 7.24. The van der Waals surface area contributed by atoms with Gasteiger partial charge in [0.1, 0.15) is 6.07 Å². The van der Waals surface area contributed by atoms with E-state index < -0.39 is 0 Å². The van der Waals surface area contributed by atoms with Gasteiger partial charge in [-0.3, -0.25) is 4.98 Å². The fourth-order valence-corrected chi connectivity index (χ4v) is 4.02. The molecule has 1 N–H and O–H groups in total. The average Bonchev–Trinajstić information content (AvgIpc) is 3.16. The lowest BCUT2D eigenvalue weighted by atomic mass is 10.1. The van der Waals surface area contributed by atoms with E-state index in [1.54, 1.807) is 7.11 Å². The van der Waals surface area contributed by atoms with Gasteiger partial charge in [0, 0.05) is 36.1 Å². The molecule has 4 rings (SSSR count). The van der Waals surface area contributed by atoms with Crippen LogP contribution in [0.2, 0.25) is 0 Å². The highest BCUT2D eigenvalue weighted by Crippen LogP contribution is 2.34. The van der Waals surface area contributed by atoms with E-state index in [4.69, 9.17) is 9.72 Å². The molecule has 0 aliphatic carbocycles. The molecular formula is C23H24N4O. The normalized spacial score (nSPS) is 16.3. The summed E-state index contributed by atoms with van der Waals surface area (Å²) >= 11 is 0. The van der Waals surface area contributed by atoms with Crippen LogP contribution in [0.4, 0.5) is 17.1 Å². The van der Waals surface area contributed by atoms with Crippen LogP contribution in [-0.4, -0.2) is 31.3 Å². The van der Waals surface area contributed by atoms with Gasteiger partial charge >= 0.3 is 0 Å². The van der Waals surface area contributed by atoms with Crippen LogP contribution < -0.4 is 10.2 Å². The Kier molecular flexibility index (Phi) is 5.14. The first-order chi connectivity index (χ1) is 13.7. The highest BCUT2D eigenvalue weighted by molar-refractivity contribution is 5.94. The van der Waals surface area contributed by atoms with E-state index in [0.717, 1.165) is 47.5 Å². The van der Waals surface area contributed by atoms with Crippen molar-refractivity contribution in [3.8, 4) is 6.07 Å². The number of nitrogens with one attached hydrogen (secondary N) is 1. The number of ether oxygens (including phenoxy) is 1. The second kappa shape index (κ2) is 7.87. The molecule has 1 unspecified atom stereocenters. The highest BCUT2D eigenvalue weighted by atomic mass is 16.5. The number of hydrogen-bond donors (Lipinski definition) is 1. The Morgan fingerprint density at radius 2 is 2.11 bits per heavy atom. The quantitative estimate of drug-likeness (QED) is 0.699. The van der Waals surface area contributed by atoms with Gasteiger partial charge in [-0.2, -0.15) is 5.26 Å². The van der Waals surface area contributed by atoms with Crippen molar-refractivity contribution < 1.29 is 4.74 Å². The number of pyridine rings is 1. The van der Waals surface area contributed by atoms with Crippen LogP contribution in [0.25, 0.3) is 10.9 Å². The first kappa shape index (κ1) is 18.3. The Balaban J connectivity index is 1.72. The summed E-state index contributed by atoms with van der Waals surface area (Å²) in [4.78, 5) is 7.22. The number of nitriles is 1. The van der Waals surface area contributed by atoms with Crippen molar-refractivity contribution in [2.75, 3.05) is 30.5 Å². The van der Waals surface area contributed by atoms with Crippen LogP contribution in [0.1, 0.15) is 24.1 Å². The third-order valence-corrected chi connectivity index (χ3v) is 5.29. The summed E-state index contributed by atoms with van der Waals surface area (Å²) in [6.45, 7) is 3.82. The van der Waals surface area contributed by atoms with E-state index in [2.05, 4.69) is 40.6 Å². The molecule has 1 aliphatic rings. The lowest BCUT2D eigenvalue weighted by molar-refractivity contribution is 0.181. The second-order valence-corrected chi connectivity index (χ2v) is 7.24. The molecule has 0 saturated carbocycles. The highest BCUT2D eigenvalue weighted by Gasteiger charge is 2.26. The van der Waals surface area contributed by atoms with Crippen molar-refractivity contribution in [2.45, 2.75) is 25.8 Å². The van der Waals surface area contributed by atoms with E-state index in [9.17, 15) is 5.26 Å². The minimum absolute atomic E-state index is 0.412. The third-order valence-electron chi connectivity index (χ3n) is 5.29. The van der Waals surface area contributed by atoms with Gasteiger partial charge in [-0.15, -0.1) is 0 Å². The van der Waals surface area contributed by atoms with E-state index in [-0.39, 0.29) is 0 Å². The number of rotatable bonds is 5. The Morgan fingerprint density at radius 3 is 2.93 bits per heavy atom. The Labute approximate surface area is 165 Å². The topological polar surface area (TPSA) is 61.2 Å². The van der Waals surface area contributed by atoms with Crippen molar-refractivity contribution in [3.05, 3.63) is 59.8 Å². The number of fused-ring (bicyclic) bond motifs is 1. The predicted molar refractivity (Wildman–Crippen MR) is 113 cm³/mol. The van der Waals surface area contributed by atoms with Crippen molar-refractivity contribution in [1.29, 1.82) is 5.26 Å². The molecule has 0 spiro atoms. The summed E-state index contributed by atoms with van der Waals surface area (Å²) in [7, 11) is 1.77. The molecule has 142 valence electrons. The van der Waals surface area contributed by atoms with Crippen molar-refractivity contribution in [1.82, 2.24) is 4.98 Å². The molecule has 2 aromatic carbocycles. The summed E-state index contributed by atoms with van der Waals surface area (Å²) < 4.78 is 5.43. The fourth-order valence-electron chi connectivity index (χ4n) is 4.02. The molecule has 1 aromatic heterocycles. The Bertz CT molecular complexity index is 1040. The van der Waals surface area contributed by atoms with Crippen molar-refractivity contribution in [2.24, 2.45) is 0 Å². The number of para-hydroxylation sites is 1. The molecule has 1 aliphatic heterocycles. The molecule has 0 bridgehead atoms. The van der Waals surface area contributed by atoms with Crippen LogP contribution >= 0.6 is 0 Å². The van der Waals surface area contributed by atoms with Gasteiger partial charge in [0.15, 0.2) is 0 Å². The van der Waals surface area contributed by atoms with Crippen molar-refractivity contribution >= 4 is 28.0 Å².